The van der Waals surface area contributed by atoms with E-state index in [1.165, 1.54) is 16.2 Å². The molecule has 3 heterocycles. The van der Waals surface area contributed by atoms with Gasteiger partial charge < -0.3 is 4.90 Å². The van der Waals surface area contributed by atoms with E-state index in [4.69, 9.17) is 0 Å². The van der Waals surface area contributed by atoms with Crippen LogP contribution in [0.5, 0.6) is 0 Å². The lowest BCUT2D eigenvalue weighted by Crippen LogP contribution is -2.38. The normalized spacial score (nSPS) is 21.8. The molecule has 1 aliphatic heterocycles. The maximum absolute atomic E-state index is 12.3. The van der Waals surface area contributed by atoms with Crippen molar-refractivity contribution < 1.29 is 13.2 Å². The van der Waals surface area contributed by atoms with Crippen LogP contribution in [0.4, 0.5) is 0 Å². The minimum atomic E-state index is -2.99. The average Bonchev–Trinajstić information content (AvgIpc) is 3.00. The zero-order chi connectivity index (χ0) is 13.6. The third kappa shape index (κ3) is 2.25. The smallest absolute Gasteiger partial charge is 0.274 e. The zero-order valence-corrected chi connectivity index (χ0v) is 11.9. The molecule has 6 nitrogen and oxygen atoms in total. The van der Waals surface area contributed by atoms with Gasteiger partial charge >= 0.3 is 0 Å². The first-order chi connectivity index (χ1) is 8.96. The van der Waals surface area contributed by atoms with E-state index in [2.05, 4.69) is 4.98 Å². The highest BCUT2D eigenvalue weighted by Gasteiger charge is 2.33. The van der Waals surface area contributed by atoms with Crippen molar-refractivity contribution in [3.63, 3.8) is 0 Å². The number of rotatable bonds is 2. The van der Waals surface area contributed by atoms with Crippen LogP contribution in [0.1, 0.15) is 16.9 Å². The lowest BCUT2D eigenvalue weighted by atomic mass is 10.2. The summed E-state index contributed by atoms with van der Waals surface area (Å²) in [5, 5.41) is 1.89. The third-order valence-corrected chi connectivity index (χ3v) is 5.91. The predicted octanol–water partition coefficient (Wildman–Crippen LogP) is 0.655. The van der Waals surface area contributed by atoms with Gasteiger partial charge in [0.25, 0.3) is 5.91 Å². The predicted molar refractivity (Wildman–Crippen MR) is 72.2 cm³/mol. The van der Waals surface area contributed by atoms with E-state index in [9.17, 15) is 13.2 Å². The van der Waals surface area contributed by atoms with Gasteiger partial charge in [-0.05, 0) is 6.42 Å². The molecule has 0 spiro atoms. The molecule has 8 heteroatoms. The Morgan fingerprint density at radius 3 is 3.00 bits per heavy atom. The van der Waals surface area contributed by atoms with Gasteiger partial charge in [-0.1, -0.05) is 0 Å². The number of thiazole rings is 1. The standard InChI is InChI=1S/C11H13N3O3S2/c1-13(8-2-5-19(16,17)7-8)10(15)9-6-14-3-4-18-11(14)12-9/h3-4,6,8H,2,5,7H2,1H3. The Bertz CT molecular complexity index is 703. The highest BCUT2D eigenvalue weighted by molar-refractivity contribution is 7.91. The Labute approximate surface area is 114 Å². The second-order valence-electron chi connectivity index (χ2n) is 4.69. The van der Waals surface area contributed by atoms with Gasteiger partial charge in [-0.3, -0.25) is 9.20 Å². The van der Waals surface area contributed by atoms with Gasteiger partial charge in [0.15, 0.2) is 14.8 Å². The van der Waals surface area contributed by atoms with E-state index in [1.54, 1.807) is 17.6 Å². The molecule has 0 aliphatic carbocycles. The van der Waals surface area contributed by atoms with Crippen LogP contribution in [0.2, 0.25) is 0 Å². The third-order valence-electron chi connectivity index (χ3n) is 3.39. The van der Waals surface area contributed by atoms with Crippen LogP contribution < -0.4 is 0 Å². The van der Waals surface area contributed by atoms with Gasteiger partial charge in [0, 0.05) is 30.9 Å². The fraction of sp³-hybridized carbons (Fsp3) is 0.455. The van der Waals surface area contributed by atoms with E-state index in [0.29, 0.717) is 12.1 Å². The van der Waals surface area contributed by atoms with Crippen molar-refractivity contribution in [2.24, 2.45) is 0 Å². The minimum absolute atomic E-state index is 0.0530. The highest BCUT2D eigenvalue weighted by atomic mass is 32.2. The van der Waals surface area contributed by atoms with E-state index in [0.717, 1.165) is 4.96 Å². The molecule has 2 aromatic heterocycles. The van der Waals surface area contributed by atoms with Crippen LogP contribution in [0.15, 0.2) is 17.8 Å². The monoisotopic (exact) mass is 299 g/mol. The molecular formula is C11H13N3O3S2. The topological polar surface area (TPSA) is 71.8 Å². The number of fused-ring (bicyclic) bond motifs is 1. The average molecular weight is 299 g/mol. The quantitative estimate of drug-likeness (QED) is 0.816. The van der Waals surface area contributed by atoms with Crippen molar-refractivity contribution in [1.82, 2.24) is 14.3 Å². The molecule has 0 N–H and O–H groups in total. The highest BCUT2D eigenvalue weighted by Crippen LogP contribution is 2.19. The Morgan fingerprint density at radius 2 is 2.37 bits per heavy atom. The summed E-state index contributed by atoms with van der Waals surface area (Å²) in [5.41, 5.74) is 0.360. The molecule has 2 aromatic rings. The molecule has 0 saturated carbocycles. The van der Waals surface area contributed by atoms with Gasteiger partial charge in [-0.2, -0.15) is 0 Å². The van der Waals surface area contributed by atoms with Crippen LogP contribution in [0.25, 0.3) is 4.96 Å². The van der Waals surface area contributed by atoms with Crippen molar-refractivity contribution >= 4 is 32.0 Å². The SMILES string of the molecule is CN(C(=O)c1cn2ccsc2n1)C1CCS(=O)(=O)C1. The van der Waals surface area contributed by atoms with Gasteiger partial charge in [0.1, 0.15) is 5.69 Å². The first-order valence-electron chi connectivity index (χ1n) is 5.86. The largest absolute Gasteiger partial charge is 0.336 e. The summed E-state index contributed by atoms with van der Waals surface area (Å²) in [6.07, 6.45) is 4.02. The summed E-state index contributed by atoms with van der Waals surface area (Å²) in [5.74, 6) is -0.0108. The van der Waals surface area contributed by atoms with Gasteiger partial charge in [-0.25, -0.2) is 13.4 Å². The molecule has 1 saturated heterocycles. The van der Waals surface area contributed by atoms with Crippen molar-refractivity contribution in [2.45, 2.75) is 12.5 Å². The van der Waals surface area contributed by atoms with Crippen LogP contribution in [0.3, 0.4) is 0 Å². The second-order valence-corrected chi connectivity index (χ2v) is 7.79. The fourth-order valence-corrected chi connectivity index (χ4v) is 4.73. The molecule has 1 atom stereocenters. The fourth-order valence-electron chi connectivity index (χ4n) is 2.26. The van der Waals surface area contributed by atoms with E-state index >= 15 is 0 Å². The molecule has 1 fully saturated rings. The van der Waals surface area contributed by atoms with Gasteiger partial charge in [-0.15, -0.1) is 11.3 Å². The first-order valence-corrected chi connectivity index (χ1v) is 8.56. The summed E-state index contributed by atoms with van der Waals surface area (Å²) in [4.78, 5) is 18.8. The molecular weight excluding hydrogens is 286 g/mol. The number of carbonyl (C=O) groups excluding carboxylic acids is 1. The number of amides is 1. The van der Waals surface area contributed by atoms with E-state index in [-0.39, 0.29) is 23.5 Å². The number of hydrogen-bond acceptors (Lipinski definition) is 5. The summed E-state index contributed by atoms with van der Waals surface area (Å²) in [6.45, 7) is 0. The molecule has 0 radical (unpaired) electrons. The summed E-state index contributed by atoms with van der Waals surface area (Å²) in [6, 6.07) is -0.239. The van der Waals surface area contributed by atoms with E-state index in [1.807, 2.05) is 11.6 Å². The van der Waals surface area contributed by atoms with Gasteiger partial charge in [0.05, 0.1) is 11.5 Å². The lowest BCUT2D eigenvalue weighted by Gasteiger charge is -2.22. The maximum Gasteiger partial charge on any atom is 0.274 e. The number of nitrogens with zero attached hydrogens (tertiary/aromatic N) is 3. The molecule has 1 amide bonds. The Balaban J connectivity index is 1.82. The summed E-state index contributed by atoms with van der Waals surface area (Å²) >= 11 is 1.45. The Morgan fingerprint density at radius 1 is 1.58 bits per heavy atom. The molecule has 19 heavy (non-hydrogen) atoms. The first kappa shape index (κ1) is 12.6. The van der Waals surface area contributed by atoms with Crippen molar-refractivity contribution in [3.8, 4) is 0 Å². The number of aromatic nitrogens is 2. The van der Waals surface area contributed by atoms with Crippen LogP contribution in [-0.2, 0) is 9.84 Å². The van der Waals surface area contributed by atoms with Crippen LogP contribution in [0, 0.1) is 0 Å². The zero-order valence-electron chi connectivity index (χ0n) is 10.3. The Hall–Kier alpha value is -1.41. The Kier molecular flexibility index (Phi) is 2.86. The number of carbonyl (C=O) groups is 1. The number of imidazole rings is 1. The minimum Gasteiger partial charge on any atom is -0.336 e. The number of sulfone groups is 1. The number of hydrogen-bond donors (Lipinski definition) is 0. The van der Waals surface area contributed by atoms with Gasteiger partial charge in [0.2, 0.25) is 0 Å². The molecule has 0 aromatic carbocycles. The van der Waals surface area contributed by atoms with Crippen molar-refractivity contribution in [1.29, 1.82) is 0 Å². The van der Waals surface area contributed by atoms with Crippen LogP contribution in [-0.4, -0.2) is 53.2 Å². The molecule has 0 bridgehead atoms. The molecule has 3 rings (SSSR count). The second kappa shape index (κ2) is 4.31. The molecule has 102 valence electrons. The van der Waals surface area contributed by atoms with E-state index < -0.39 is 9.84 Å². The molecule has 1 unspecified atom stereocenters. The van der Waals surface area contributed by atoms with Crippen LogP contribution >= 0.6 is 11.3 Å². The van der Waals surface area contributed by atoms with Crippen molar-refractivity contribution in [2.75, 3.05) is 18.6 Å². The lowest BCUT2D eigenvalue weighted by molar-refractivity contribution is 0.0742. The maximum atomic E-state index is 12.3. The summed E-state index contributed by atoms with van der Waals surface area (Å²) < 4.78 is 24.7. The summed E-state index contributed by atoms with van der Waals surface area (Å²) in [7, 11) is -1.35. The van der Waals surface area contributed by atoms with Crippen molar-refractivity contribution in [3.05, 3.63) is 23.5 Å². The molecule has 1 aliphatic rings.